The molecule has 0 spiro atoms. The van der Waals surface area contributed by atoms with E-state index in [0.717, 1.165) is 30.2 Å². The molecule has 0 radical (unpaired) electrons. The second kappa shape index (κ2) is 6.33. The van der Waals surface area contributed by atoms with E-state index in [1.54, 1.807) is 6.20 Å². The van der Waals surface area contributed by atoms with Crippen LogP contribution in [0.5, 0.6) is 0 Å². The average molecular weight is 278 g/mol. The van der Waals surface area contributed by atoms with Crippen molar-refractivity contribution >= 4 is 0 Å². The van der Waals surface area contributed by atoms with Crippen molar-refractivity contribution in [1.29, 1.82) is 0 Å². The molecule has 2 aromatic heterocycles. The van der Waals surface area contributed by atoms with E-state index in [1.807, 2.05) is 47.3 Å². The molecule has 3 aromatic rings. The van der Waals surface area contributed by atoms with Crippen LogP contribution in [0.1, 0.15) is 12.5 Å². The molecular formula is C17H18N4. The van der Waals surface area contributed by atoms with Gasteiger partial charge in [-0.3, -0.25) is 0 Å². The Bertz CT molecular complexity index is 689. The van der Waals surface area contributed by atoms with Gasteiger partial charge in [-0.2, -0.15) is 5.10 Å². The van der Waals surface area contributed by atoms with Crippen LogP contribution in [-0.2, 0) is 6.54 Å². The Morgan fingerprint density at radius 3 is 2.57 bits per heavy atom. The molecule has 0 saturated heterocycles. The molecule has 0 amide bonds. The zero-order valence-electron chi connectivity index (χ0n) is 12.0. The van der Waals surface area contributed by atoms with Gasteiger partial charge in [-0.15, -0.1) is 0 Å². The lowest BCUT2D eigenvalue weighted by atomic mass is 10.1. The number of hydrogen-bond acceptors (Lipinski definition) is 3. The lowest BCUT2D eigenvalue weighted by Gasteiger charge is -2.09. The summed E-state index contributed by atoms with van der Waals surface area (Å²) in [5.41, 5.74) is 3.41. The van der Waals surface area contributed by atoms with E-state index in [9.17, 15) is 0 Å². The van der Waals surface area contributed by atoms with Gasteiger partial charge in [0.15, 0.2) is 5.82 Å². The topological polar surface area (TPSA) is 42.7 Å². The van der Waals surface area contributed by atoms with Gasteiger partial charge < -0.3 is 5.32 Å². The summed E-state index contributed by atoms with van der Waals surface area (Å²) >= 11 is 0. The van der Waals surface area contributed by atoms with Gasteiger partial charge >= 0.3 is 0 Å². The molecule has 0 fully saturated rings. The predicted octanol–water partition coefficient (Wildman–Crippen LogP) is 3.04. The van der Waals surface area contributed by atoms with Crippen LogP contribution in [0.2, 0.25) is 0 Å². The summed E-state index contributed by atoms with van der Waals surface area (Å²) < 4.78 is 1.90. The van der Waals surface area contributed by atoms with Crippen LogP contribution in [0.15, 0.2) is 60.9 Å². The molecule has 106 valence electrons. The Labute approximate surface area is 124 Å². The van der Waals surface area contributed by atoms with E-state index in [1.165, 1.54) is 5.56 Å². The highest BCUT2D eigenvalue weighted by Gasteiger charge is 2.14. The first-order valence-electron chi connectivity index (χ1n) is 7.14. The molecule has 2 heterocycles. The summed E-state index contributed by atoms with van der Waals surface area (Å²) in [6, 6.07) is 16.2. The first-order chi connectivity index (χ1) is 10.4. The standard InChI is InChI=1S/C17H18N4/c1-2-18-12-15-13-20-21(16-10-6-7-11-19-16)17(15)14-8-4-3-5-9-14/h3-11,13,18H,2,12H2,1H3. The number of aromatic nitrogens is 3. The molecule has 0 saturated carbocycles. The molecule has 1 aromatic carbocycles. The highest BCUT2D eigenvalue weighted by molar-refractivity contribution is 5.65. The number of hydrogen-bond donors (Lipinski definition) is 1. The van der Waals surface area contributed by atoms with Crippen molar-refractivity contribution in [2.45, 2.75) is 13.5 Å². The van der Waals surface area contributed by atoms with Gasteiger partial charge in [-0.05, 0) is 18.7 Å². The normalized spacial score (nSPS) is 10.7. The fraction of sp³-hybridized carbons (Fsp3) is 0.176. The fourth-order valence-corrected chi connectivity index (χ4v) is 2.33. The van der Waals surface area contributed by atoms with Crippen LogP contribution in [-0.4, -0.2) is 21.3 Å². The van der Waals surface area contributed by atoms with E-state index in [-0.39, 0.29) is 0 Å². The predicted molar refractivity (Wildman–Crippen MR) is 84.2 cm³/mol. The molecule has 0 bridgehead atoms. The highest BCUT2D eigenvalue weighted by Crippen LogP contribution is 2.25. The SMILES string of the molecule is CCNCc1cnn(-c2ccccn2)c1-c1ccccc1. The minimum Gasteiger partial charge on any atom is -0.313 e. The van der Waals surface area contributed by atoms with Crippen LogP contribution >= 0.6 is 0 Å². The number of rotatable bonds is 5. The van der Waals surface area contributed by atoms with Crippen molar-refractivity contribution < 1.29 is 0 Å². The van der Waals surface area contributed by atoms with E-state index in [4.69, 9.17) is 0 Å². The highest BCUT2D eigenvalue weighted by atomic mass is 15.3. The van der Waals surface area contributed by atoms with E-state index in [0.29, 0.717) is 0 Å². The smallest absolute Gasteiger partial charge is 0.153 e. The summed E-state index contributed by atoms with van der Waals surface area (Å²) in [6.07, 6.45) is 3.70. The van der Waals surface area contributed by atoms with Crippen LogP contribution in [0, 0.1) is 0 Å². The maximum Gasteiger partial charge on any atom is 0.153 e. The zero-order valence-corrected chi connectivity index (χ0v) is 12.0. The molecule has 1 N–H and O–H groups in total. The first-order valence-corrected chi connectivity index (χ1v) is 7.14. The molecule has 0 atom stereocenters. The Hall–Kier alpha value is -2.46. The molecule has 4 nitrogen and oxygen atoms in total. The fourth-order valence-electron chi connectivity index (χ4n) is 2.33. The Kier molecular flexibility index (Phi) is 4.07. The van der Waals surface area contributed by atoms with Gasteiger partial charge in [0, 0.05) is 23.9 Å². The number of nitrogens with one attached hydrogen (secondary N) is 1. The van der Waals surface area contributed by atoms with Crippen molar-refractivity contribution in [2.75, 3.05) is 6.54 Å². The van der Waals surface area contributed by atoms with Gasteiger partial charge in [0.1, 0.15) is 0 Å². The molecule has 4 heteroatoms. The van der Waals surface area contributed by atoms with Crippen LogP contribution < -0.4 is 5.32 Å². The van der Waals surface area contributed by atoms with Gasteiger partial charge in [0.25, 0.3) is 0 Å². The molecule has 0 aliphatic rings. The van der Waals surface area contributed by atoms with Crippen molar-refractivity contribution in [3.63, 3.8) is 0 Å². The van der Waals surface area contributed by atoms with Crippen molar-refractivity contribution in [1.82, 2.24) is 20.1 Å². The third kappa shape index (κ3) is 2.85. The minimum atomic E-state index is 0.799. The van der Waals surface area contributed by atoms with Crippen molar-refractivity contribution in [2.24, 2.45) is 0 Å². The lowest BCUT2D eigenvalue weighted by molar-refractivity contribution is 0.727. The Morgan fingerprint density at radius 2 is 1.86 bits per heavy atom. The summed E-state index contributed by atoms with van der Waals surface area (Å²) in [5.74, 6) is 0.833. The van der Waals surface area contributed by atoms with E-state index < -0.39 is 0 Å². The van der Waals surface area contributed by atoms with E-state index >= 15 is 0 Å². The summed E-state index contributed by atoms with van der Waals surface area (Å²) in [6.45, 7) is 3.84. The molecule has 0 aliphatic carbocycles. The second-order valence-electron chi connectivity index (χ2n) is 4.76. The van der Waals surface area contributed by atoms with Crippen molar-refractivity contribution in [3.05, 3.63) is 66.5 Å². The first kappa shape index (κ1) is 13.5. The number of nitrogens with zero attached hydrogens (tertiary/aromatic N) is 3. The number of pyridine rings is 1. The molecular weight excluding hydrogens is 260 g/mol. The van der Waals surface area contributed by atoms with Gasteiger partial charge in [0.05, 0.1) is 11.9 Å². The maximum atomic E-state index is 4.53. The van der Waals surface area contributed by atoms with E-state index in [2.05, 4.69) is 34.5 Å². The third-order valence-corrected chi connectivity index (χ3v) is 3.32. The quantitative estimate of drug-likeness (QED) is 0.780. The summed E-state index contributed by atoms with van der Waals surface area (Å²) in [5, 5.41) is 7.90. The summed E-state index contributed by atoms with van der Waals surface area (Å²) in [7, 11) is 0. The third-order valence-electron chi connectivity index (χ3n) is 3.32. The molecule has 3 rings (SSSR count). The Morgan fingerprint density at radius 1 is 1.05 bits per heavy atom. The van der Waals surface area contributed by atoms with Gasteiger partial charge in [-0.1, -0.05) is 43.3 Å². The zero-order chi connectivity index (χ0) is 14.5. The lowest BCUT2D eigenvalue weighted by Crippen LogP contribution is -2.12. The van der Waals surface area contributed by atoms with Gasteiger partial charge in [-0.25, -0.2) is 9.67 Å². The average Bonchev–Trinajstić information content (AvgIpc) is 2.98. The van der Waals surface area contributed by atoms with Crippen LogP contribution in [0.3, 0.4) is 0 Å². The second-order valence-corrected chi connectivity index (χ2v) is 4.76. The molecule has 0 unspecified atom stereocenters. The molecule has 0 aliphatic heterocycles. The molecule has 21 heavy (non-hydrogen) atoms. The Balaban J connectivity index is 2.11. The van der Waals surface area contributed by atoms with Crippen LogP contribution in [0.4, 0.5) is 0 Å². The van der Waals surface area contributed by atoms with Crippen molar-refractivity contribution in [3.8, 4) is 17.1 Å². The maximum absolute atomic E-state index is 4.53. The monoisotopic (exact) mass is 278 g/mol. The minimum absolute atomic E-state index is 0.799. The largest absolute Gasteiger partial charge is 0.313 e. The number of benzene rings is 1. The van der Waals surface area contributed by atoms with Gasteiger partial charge in [0.2, 0.25) is 0 Å². The summed E-state index contributed by atoms with van der Waals surface area (Å²) in [4.78, 5) is 4.41. The van der Waals surface area contributed by atoms with Crippen LogP contribution in [0.25, 0.3) is 17.1 Å².